The van der Waals surface area contributed by atoms with E-state index in [1.165, 1.54) is 20.1 Å². The minimum atomic E-state index is -0.685. The van der Waals surface area contributed by atoms with Crippen molar-refractivity contribution in [3.05, 3.63) is 59.3 Å². The van der Waals surface area contributed by atoms with Gasteiger partial charge in [0.1, 0.15) is 0 Å². The number of aromatic nitrogens is 1. The quantitative estimate of drug-likeness (QED) is 0.427. The van der Waals surface area contributed by atoms with E-state index in [2.05, 4.69) is 4.98 Å². The van der Waals surface area contributed by atoms with E-state index in [1.807, 2.05) is 25.1 Å². The van der Waals surface area contributed by atoms with Crippen LogP contribution in [0.15, 0.2) is 42.6 Å². The van der Waals surface area contributed by atoms with E-state index in [1.54, 1.807) is 18.3 Å². The van der Waals surface area contributed by atoms with Gasteiger partial charge in [-0.05, 0) is 37.1 Å². The molecule has 2 aromatic carbocycles. The first kappa shape index (κ1) is 21.1. The molecule has 0 amide bonds. The monoisotopic (exact) mass is 409 g/mol. The predicted octanol–water partition coefficient (Wildman–Crippen LogP) is 3.75. The Morgan fingerprint density at radius 1 is 1.03 bits per heavy atom. The Labute approximate surface area is 173 Å². The van der Waals surface area contributed by atoms with Crippen molar-refractivity contribution < 1.29 is 28.6 Å². The predicted molar refractivity (Wildman–Crippen MR) is 111 cm³/mol. The molecule has 7 heteroatoms. The van der Waals surface area contributed by atoms with Crippen LogP contribution in [-0.2, 0) is 16.0 Å². The first-order valence-electron chi connectivity index (χ1n) is 9.54. The van der Waals surface area contributed by atoms with Crippen LogP contribution >= 0.6 is 0 Å². The largest absolute Gasteiger partial charge is 0.493 e. The molecule has 0 aliphatic rings. The van der Waals surface area contributed by atoms with Gasteiger partial charge < -0.3 is 19.2 Å². The van der Waals surface area contributed by atoms with Gasteiger partial charge in [-0.25, -0.2) is 4.79 Å². The number of hydrogen-bond acceptors (Lipinski definition) is 6. The molecular formula is C23H23NO6. The van der Waals surface area contributed by atoms with Crippen LogP contribution in [0.1, 0.15) is 40.1 Å². The molecule has 1 heterocycles. The van der Waals surface area contributed by atoms with E-state index in [9.17, 15) is 14.4 Å². The minimum Gasteiger partial charge on any atom is -0.493 e. The lowest BCUT2D eigenvalue weighted by atomic mass is 10.1. The highest BCUT2D eigenvalue weighted by Gasteiger charge is 2.16. The third kappa shape index (κ3) is 4.51. The van der Waals surface area contributed by atoms with Crippen LogP contribution in [0.4, 0.5) is 0 Å². The van der Waals surface area contributed by atoms with Crippen molar-refractivity contribution in [2.24, 2.45) is 0 Å². The highest BCUT2D eigenvalue weighted by Crippen LogP contribution is 2.28. The smallest absolute Gasteiger partial charge is 0.344 e. The fourth-order valence-corrected chi connectivity index (χ4v) is 3.15. The summed E-state index contributed by atoms with van der Waals surface area (Å²) in [5.41, 5.74) is 2.98. The second-order valence-corrected chi connectivity index (χ2v) is 6.69. The van der Waals surface area contributed by atoms with Crippen molar-refractivity contribution in [3.63, 3.8) is 0 Å². The maximum Gasteiger partial charge on any atom is 0.344 e. The molecule has 0 aliphatic heterocycles. The lowest BCUT2D eigenvalue weighted by Crippen LogP contribution is -2.19. The minimum absolute atomic E-state index is 0.110. The molecule has 1 N–H and O–H groups in total. The number of methoxy groups -OCH3 is 1. The van der Waals surface area contributed by atoms with E-state index < -0.39 is 12.6 Å². The lowest BCUT2D eigenvalue weighted by Gasteiger charge is -2.11. The van der Waals surface area contributed by atoms with Crippen LogP contribution in [-0.4, -0.2) is 42.8 Å². The van der Waals surface area contributed by atoms with Crippen LogP contribution in [0, 0.1) is 0 Å². The summed E-state index contributed by atoms with van der Waals surface area (Å²) in [7, 11) is 1.44. The second kappa shape index (κ2) is 9.26. The van der Waals surface area contributed by atoms with Gasteiger partial charge >= 0.3 is 5.97 Å². The van der Waals surface area contributed by atoms with Crippen LogP contribution in [0.5, 0.6) is 11.5 Å². The summed E-state index contributed by atoms with van der Waals surface area (Å²) in [5, 5.41) is 0.807. The molecule has 0 unspecified atom stereocenters. The SMILES string of the molecule is CCc1cccc2c(C(=O)COC(=O)COc3ccc(C(C)=O)cc3OC)c[nH]c12. The molecule has 0 atom stereocenters. The fraction of sp³-hybridized carbons (Fsp3) is 0.261. The number of ketones is 2. The Kier molecular flexibility index (Phi) is 6.51. The summed E-state index contributed by atoms with van der Waals surface area (Å²) < 4.78 is 15.7. The van der Waals surface area contributed by atoms with Crippen molar-refractivity contribution in [3.8, 4) is 11.5 Å². The van der Waals surface area contributed by atoms with Crippen molar-refractivity contribution in [2.45, 2.75) is 20.3 Å². The van der Waals surface area contributed by atoms with Crippen molar-refractivity contribution in [1.29, 1.82) is 0 Å². The van der Waals surface area contributed by atoms with E-state index >= 15 is 0 Å². The summed E-state index contributed by atoms with van der Waals surface area (Å²) in [4.78, 5) is 39.1. The van der Waals surface area contributed by atoms with Crippen LogP contribution in [0.3, 0.4) is 0 Å². The van der Waals surface area contributed by atoms with E-state index in [4.69, 9.17) is 14.2 Å². The van der Waals surface area contributed by atoms with Crippen LogP contribution in [0.25, 0.3) is 10.9 Å². The Hall–Kier alpha value is -3.61. The van der Waals surface area contributed by atoms with Gasteiger partial charge in [0.05, 0.1) is 7.11 Å². The van der Waals surface area contributed by atoms with Crippen molar-refractivity contribution in [1.82, 2.24) is 4.98 Å². The Morgan fingerprint density at radius 3 is 2.53 bits per heavy atom. The number of Topliss-reactive ketones (excluding diaryl/α,β-unsaturated/α-hetero) is 2. The Balaban J connectivity index is 1.59. The van der Waals surface area contributed by atoms with Gasteiger partial charge in [-0.1, -0.05) is 25.1 Å². The number of ether oxygens (including phenoxy) is 3. The van der Waals surface area contributed by atoms with Crippen molar-refractivity contribution in [2.75, 3.05) is 20.3 Å². The third-order valence-electron chi connectivity index (χ3n) is 4.76. The van der Waals surface area contributed by atoms with E-state index in [-0.39, 0.29) is 18.2 Å². The van der Waals surface area contributed by atoms with E-state index in [0.717, 1.165) is 22.9 Å². The number of H-pyrrole nitrogens is 1. The van der Waals surface area contributed by atoms with Gasteiger partial charge in [0.15, 0.2) is 30.5 Å². The number of rotatable bonds is 9. The average molecular weight is 409 g/mol. The number of carbonyl (C=O) groups excluding carboxylic acids is 3. The molecule has 3 rings (SSSR count). The molecular weight excluding hydrogens is 386 g/mol. The lowest BCUT2D eigenvalue weighted by molar-refractivity contribution is -0.144. The molecule has 0 saturated heterocycles. The van der Waals surface area contributed by atoms with Gasteiger partial charge in [-0.15, -0.1) is 0 Å². The second-order valence-electron chi connectivity index (χ2n) is 6.69. The molecule has 0 bridgehead atoms. The van der Waals surface area contributed by atoms with Gasteiger partial charge in [0.25, 0.3) is 0 Å². The summed E-state index contributed by atoms with van der Waals surface area (Å²) in [6, 6.07) is 10.4. The molecule has 7 nitrogen and oxygen atoms in total. The molecule has 1 aromatic heterocycles. The Bertz CT molecular complexity index is 1100. The number of benzene rings is 2. The standard InChI is InChI=1S/C23H23NO6/c1-4-15-6-5-7-17-18(11-24-23(15)17)19(26)12-30-22(27)13-29-20-9-8-16(14(2)25)10-21(20)28-3/h5-11,24H,4,12-13H2,1-3H3. The van der Waals surface area contributed by atoms with Gasteiger partial charge in [-0.3, -0.25) is 9.59 Å². The summed E-state index contributed by atoms with van der Waals surface area (Å²) in [6.45, 7) is 2.71. The number of carbonyl (C=O) groups is 3. The van der Waals surface area contributed by atoms with E-state index in [0.29, 0.717) is 22.6 Å². The number of nitrogens with one attached hydrogen (secondary N) is 1. The number of aryl methyl sites for hydroxylation is 1. The maximum atomic E-state index is 12.5. The molecule has 3 aromatic rings. The molecule has 0 radical (unpaired) electrons. The fourth-order valence-electron chi connectivity index (χ4n) is 3.15. The summed E-state index contributed by atoms with van der Waals surface area (Å²) in [5.74, 6) is -0.464. The highest BCUT2D eigenvalue weighted by molar-refractivity contribution is 6.09. The normalized spacial score (nSPS) is 10.6. The number of fused-ring (bicyclic) bond motifs is 1. The van der Waals surface area contributed by atoms with Crippen molar-refractivity contribution >= 4 is 28.4 Å². The zero-order valence-electron chi connectivity index (χ0n) is 17.1. The maximum absolute atomic E-state index is 12.5. The summed E-state index contributed by atoms with van der Waals surface area (Å²) >= 11 is 0. The molecule has 156 valence electrons. The van der Waals surface area contributed by atoms with Gasteiger partial charge in [-0.2, -0.15) is 0 Å². The molecule has 0 fully saturated rings. The topological polar surface area (TPSA) is 94.7 Å². The number of hydrogen-bond donors (Lipinski definition) is 1. The first-order valence-corrected chi connectivity index (χ1v) is 9.54. The first-order chi connectivity index (χ1) is 14.4. The number of esters is 1. The third-order valence-corrected chi connectivity index (χ3v) is 4.76. The molecule has 0 spiro atoms. The highest BCUT2D eigenvalue weighted by atomic mass is 16.6. The van der Waals surface area contributed by atoms with Crippen LogP contribution in [0.2, 0.25) is 0 Å². The number of aromatic amines is 1. The molecule has 0 aliphatic carbocycles. The molecule has 0 saturated carbocycles. The number of para-hydroxylation sites is 1. The zero-order valence-corrected chi connectivity index (χ0v) is 17.1. The average Bonchev–Trinajstić information content (AvgIpc) is 3.20. The molecule has 30 heavy (non-hydrogen) atoms. The van der Waals surface area contributed by atoms with Gasteiger partial charge in [0, 0.05) is 28.2 Å². The Morgan fingerprint density at radius 2 is 1.83 bits per heavy atom. The van der Waals surface area contributed by atoms with Gasteiger partial charge in [0.2, 0.25) is 5.78 Å². The summed E-state index contributed by atoms with van der Waals surface area (Å²) in [6.07, 6.45) is 2.48. The zero-order chi connectivity index (χ0) is 21.7. The van der Waals surface area contributed by atoms with Crippen LogP contribution < -0.4 is 9.47 Å².